The summed E-state index contributed by atoms with van der Waals surface area (Å²) in [6, 6.07) is 4.73. The number of aryl methyl sites for hydroxylation is 1. The van der Waals surface area contributed by atoms with Gasteiger partial charge in [0.2, 0.25) is 10.0 Å². The highest BCUT2D eigenvalue weighted by Gasteiger charge is 2.16. The monoisotopic (exact) mass is 283 g/mol. The summed E-state index contributed by atoms with van der Waals surface area (Å²) in [5.41, 5.74) is 8.45. The van der Waals surface area contributed by atoms with Crippen LogP contribution in [0.2, 0.25) is 0 Å². The third-order valence-corrected chi connectivity index (χ3v) is 4.75. The molecule has 3 N–H and O–H groups in total. The number of benzene rings is 1. The highest BCUT2D eigenvalue weighted by atomic mass is 32.2. The Bertz CT molecular complexity index is 636. The third-order valence-electron chi connectivity index (χ3n) is 2.41. The lowest BCUT2D eigenvalue weighted by atomic mass is 10.2. The minimum Gasteiger partial charge on any atom is -0.399 e. The molecule has 7 heteroatoms. The highest BCUT2D eigenvalue weighted by Crippen LogP contribution is 2.18. The molecule has 0 aliphatic heterocycles. The van der Waals surface area contributed by atoms with E-state index in [1.54, 1.807) is 30.8 Å². The number of thiazole rings is 1. The van der Waals surface area contributed by atoms with Crippen molar-refractivity contribution in [3.05, 3.63) is 40.3 Å². The van der Waals surface area contributed by atoms with Crippen LogP contribution in [-0.2, 0) is 16.6 Å². The van der Waals surface area contributed by atoms with Gasteiger partial charge in [0.25, 0.3) is 0 Å². The number of anilines is 1. The molecule has 2 rings (SSSR count). The number of sulfonamides is 1. The lowest BCUT2D eigenvalue weighted by molar-refractivity contribution is 0.581. The summed E-state index contributed by atoms with van der Waals surface area (Å²) in [5.74, 6) is 0. The van der Waals surface area contributed by atoms with Gasteiger partial charge >= 0.3 is 0 Å². The van der Waals surface area contributed by atoms with Gasteiger partial charge in [-0.15, -0.1) is 11.3 Å². The van der Waals surface area contributed by atoms with E-state index < -0.39 is 10.0 Å². The smallest absolute Gasteiger partial charge is 0.241 e. The van der Waals surface area contributed by atoms with E-state index in [2.05, 4.69) is 9.71 Å². The standard InChI is InChI=1S/C11H13N3O2S2/c1-8-4-9(12)2-3-11(8)18(15,16)14-6-10-5-13-7-17-10/h2-5,7,14H,6,12H2,1H3. The summed E-state index contributed by atoms with van der Waals surface area (Å²) in [4.78, 5) is 5.01. The van der Waals surface area contributed by atoms with Crippen molar-refractivity contribution in [3.63, 3.8) is 0 Å². The quantitative estimate of drug-likeness (QED) is 0.833. The van der Waals surface area contributed by atoms with Crippen LogP contribution in [0.1, 0.15) is 10.4 Å². The van der Waals surface area contributed by atoms with E-state index in [9.17, 15) is 8.42 Å². The van der Waals surface area contributed by atoms with Gasteiger partial charge in [-0.1, -0.05) is 0 Å². The Morgan fingerprint density at radius 3 is 2.83 bits per heavy atom. The highest BCUT2D eigenvalue weighted by molar-refractivity contribution is 7.89. The molecule has 1 aromatic heterocycles. The van der Waals surface area contributed by atoms with E-state index in [4.69, 9.17) is 5.73 Å². The van der Waals surface area contributed by atoms with Gasteiger partial charge in [0.1, 0.15) is 0 Å². The summed E-state index contributed by atoms with van der Waals surface area (Å²) in [6.07, 6.45) is 1.64. The molecule has 0 spiro atoms. The van der Waals surface area contributed by atoms with Crippen molar-refractivity contribution in [2.24, 2.45) is 0 Å². The Morgan fingerprint density at radius 2 is 2.22 bits per heavy atom. The second-order valence-electron chi connectivity index (χ2n) is 3.82. The molecule has 0 aliphatic carbocycles. The molecule has 1 heterocycles. The van der Waals surface area contributed by atoms with Crippen molar-refractivity contribution in [2.75, 3.05) is 5.73 Å². The Kier molecular flexibility index (Phi) is 3.65. The van der Waals surface area contributed by atoms with E-state index in [0.717, 1.165) is 4.88 Å². The number of hydrogen-bond donors (Lipinski definition) is 2. The zero-order valence-electron chi connectivity index (χ0n) is 9.75. The number of hydrogen-bond acceptors (Lipinski definition) is 5. The van der Waals surface area contributed by atoms with Gasteiger partial charge in [-0.25, -0.2) is 13.1 Å². The zero-order chi connectivity index (χ0) is 13.2. The van der Waals surface area contributed by atoms with Crippen molar-refractivity contribution in [3.8, 4) is 0 Å². The molecule has 96 valence electrons. The lowest BCUT2D eigenvalue weighted by Gasteiger charge is -2.08. The van der Waals surface area contributed by atoms with Gasteiger partial charge in [-0.2, -0.15) is 0 Å². The van der Waals surface area contributed by atoms with E-state index in [-0.39, 0.29) is 11.4 Å². The SMILES string of the molecule is Cc1cc(N)ccc1S(=O)(=O)NCc1cncs1. The van der Waals surface area contributed by atoms with Gasteiger partial charge in [0.15, 0.2) is 0 Å². The number of nitrogens with two attached hydrogens (primary N) is 1. The van der Waals surface area contributed by atoms with Crippen LogP contribution >= 0.6 is 11.3 Å². The normalized spacial score (nSPS) is 11.6. The lowest BCUT2D eigenvalue weighted by Crippen LogP contribution is -2.23. The van der Waals surface area contributed by atoms with E-state index in [0.29, 0.717) is 11.3 Å². The van der Waals surface area contributed by atoms with Crippen molar-refractivity contribution in [2.45, 2.75) is 18.4 Å². The van der Waals surface area contributed by atoms with Crippen LogP contribution < -0.4 is 10.5 Å². The zero-order valence-corrected chi connectivity index (χ0v) is 11.4. The maximum Gasteiger partial charge on any atom is 0.241 e. The van der Waals surface area contributed by atoms with Gasteiger partial charge in [0, 0.05) is 23.3 Å². The van der Waals surface area contributed by atoms with Gasteiger partial charge in [0.05, 0.1) is 10.4 Å². The molecule has 0 unspecified atom stereocenters. The van der Waals surface area contributed by atoms with Crippen LogP contribution in [-0.4, -0.2) is 13.4 Å². The average molecular weight is 283 g/mol. The van der Waals surface area contributed by atoms with Crippen molar-refractivity contribution in [1.29, 1.82) is 0 Å². The minimum absolute atomic E-state index is 0.247. The summed E-state index contributed by atoms with van der Waals surface area (Å²) in [6.45, 7) is 1.97. The maximum atomic E-state index is 12.1. The number of rotatable bonds is 4. The van der Waals surface area contributed by atoms with Crippen molar-refractivity contribution in [1.82, 2.24) is 9.71 Å². The maximum absolute atomic E-state index is 12.1. The molecule has 0 saturated heterocycles. The summed E-state index contributed by atoms with van der Waals surface area (Å²) < 4.78 is 26.7. The first-order valence-corrected chi connectivity index (χ1v) is 7.58. The molecule has 0 saturated carbocycles. The van der Waals surface area contributed by atoms with E-state index >= 15 is 0 Å². The van der Waals surface area contributed by atoms with Gasteiger partial charge in [-0.05, 0) is 30.7 Å². The first-order valence-electron chi connectivity index (χ1n) is 5.22. The molecule has 0 amide bonds. The van der Waals surface area contributed by atoms with Gasteiger partial charge in [-0.3, -0.25) is 4.98 Å². The number of aromatic nitrogens is 1. The Hall–Kier alpha value is -1.44. The molecule has 0 atom stereocenters. The molecule has 2 aromatic rings. The first kappa shape index (κ1) is 13.0. The minimum atomic E-state index is -3.51. The number of nitrogens with one attached hydrogen (secondary N) is 1. The molecule has 0 bridgehead atoms. The predicted octanol–water partition coefficient (Wildman–Crippen LogP) is 1.51. The predicted molar refractivity (Wildman–Crippen MR) is 71.7 cm³/mol. The Labute approximate surface area is 110 Å². The van der Waals surface area contributed by atoms with Crippen LogP contribution in [0.4, 0.5) is 5.69 Å². The van der Waals surface area contributed by atoms with Crippen LogP contribution in [0.25, 0.3) is 0 Å². The fourth-order valence-corrected chi connectivity index (χ4v) is 3.40. The molecule has 5 nitrogen and oxygen atoms in total. The molecule has 1 aromatic carbocycles. The summed E-state index contributed by atoms with van der Waals surface area (Å²) in [5, 5.41) is 0. The first-order chi connectivity index (χ1) is 8.49. The molecule has 18 heavy (non-hydrogen) atoms. The molecule has 0 radical (unpaired) electrons. The van der Waals surface area contributed by atoms with Crippen molar-refractivity contribution >= 4 is 27.0 Å². The van der Waals surface area contributed by atoms with Crippen LogP contribution in [0.3, 0.4) is 0 Å². The molecular formula is C11H13N3O2S2. The fourth-order valence-electron chi connectivity index (χ4n) is 1.55. The Balaban J connectivity index is 2.20. The average Bonchev–Trinajstić information content (AvgIpc) is 2.78. The second kappa shape index (κ2) is 5.05. The molecular weight excluding hydrogens is 270 g/mol. The fraction of sp³-hybridized carbons (Fsp3) is 0.182. The number of nitrogen functional groups attached to an aromatic ring is 1. The van der Waals surface area contributed by atoms with Crippen molar-refractivity contribution < 1.29 is 8.42 Å². The topological polar surface area (TPSA) is 85.1 Å². The molecule has 0 fully saturated rings. The van der Waals surface area contributed by atoms with E-state index in [1.165, 1.54) is 17.4 Å². The van der Waals surface area contributed by atoms with Crippen LogP contribution in [0.15, 0.2) is 34.8 Å². The van der Waals surface area contributed by atoms with Crippen LogP contribution in [0, 0.1) is 6.92 Å². The summed E-state index contributed by atoms with van der Waals surface area (Å²) >= 11 is 1.41. The largest absolute Gasteiger partial charge is 0.399 e. The third kappa shape index (κ3) is 2.87. The number of nitrogens with zero attached hydrogens (tertiary/aromatic N) is 1. The Morgan fingerprint density at radius 1 is 1.44 bits per heavy atom. The van der Waals surface area contributed by atoms with E-state index in [1.807, 2.05) is 0 Å². The molecule has 0 aliphatic rings. The second-order valence-corrected chi connectivity index (χ2v) is 6.52. The van der Waals surface area contributed by atoms with Crippen LogP contribution in [0.5, 0.6) is 0 Å². The summed E-state index contributed by atoms with van der Waals surface area (Å²) in [7, 11) is -3.51. The van der Waals surface area contributed by atoms with Gasteiger partial charge < -0.3 is 5.73 Å².